The maximum atomic E-state index is 3.92. The van der Waals surface area contributed by atoms with Gasteiger partial charge in [-0.1, -0.05) is 74.5 Å². The molecule has 0 saturated heterocycles. The molecule has 2 aromatic carbocycles. The van der Waals surface area contributed by atoms with Crippen molar-refractivity contribution in [1.29, 1.82) is 0 Å². The zero-order chi connectivity index (χ0) is 21.2. The Kier molecular flexibility index (Phi) is 8.79. The smallest absolute Gasteiger partial charge is 0.102 e. The van der Waals surface area contributed by atoms with Gasteiger partial charge in [0.1, 0.15) is 5.82 Å². The summed E-state index contributed by atoms with van der Waals surface area (Å²) in [5, 5.41) is 3.66. The van der Waals surface area contributed by atoms with Crippen molar-refractivity contribution >= 4 is 0 Å². The van der Waals surface area contributed by atoms with Crippen molar-refractivity contribution in [2.24, 2.45) is 0 Å². The second-order valence-corrected chi connectivity index (χ2v) is 7.67. The van der Waals surface area contributed by atoms with Gasteiger partial charge in [-0.25, -0.2) is 0 Å². The molecule has 0 spiro atoms. The van der Waals surface area contributed by atoms with E-state index in [0.29, 0.717) is 0 Å². The molecule has 0 bridgehead atoms. The lowest BCUT2D eigenvalue weighted by Crippen LogP contribution is -2.28. The molecule has 154 valence electrons. The van der Waals surface area contributed by atoms with Gasteiger partial charge >= 0.3 is 0 Å². The third kappa shape index (κ3) is 6.67. The molecule has 2 nitrogen and oxygen atoms in total. The molecule has 0 aliphatic rings. The van der Waals surface area contributed by atoms with Gasteiger partial charge in [-0.3, -0.25) is 0 Å². The molecule has 29 heavy (non-hydrogen) atoms. The topological polar surface area (TPSA) is 15.3 Å². The van der Waals surface area contributed by atoms with Crippen molar-refractivity contribution in [2.75, 3.05) is 7.05 Å². The van der Waals surface area contributed by atoms with Crippen LogP contribution < -0.4 is 5.32 Å². The maximum Gasteiger partial charge on any atom is 0.102 e. The molecular formula is C27H36N2. The molecule has 0 radical (unpaired) electrons. The van der Waals surface area contributed by atoms with Crippen LogP contribution in [-0.2, 0) is 19.4 Å². The molecule has 0 fully saturated rings. The lowest BCUT2D eigenvalue weighted by molar-refractivity contribution is 0.461. The Balaban J connectivity index is 2.20. The summed E-state index contributed by atoms with van der Waals surface area (Å²) in [7, 11) is 2.11. The summed E-state index contributed by atoms with van der Waals surface area (Å²) in [6.45, 7) is 13.4. The highest BCUT2D eigenvalue weighted by molar-refractivity contribution is 5.29. The van der Waals surface area contributed by atoms with Crippen LogP contribution in [-0.4, -0.2) is 11.9 Å². The van der Waals surface area contributed by atoms with Gasteiger partial charge in [0.25, 0.3) is 0 Å². The standard InChI is InChI=1S/C27H36N2/c1-7-11-24-14-16-25(17-15-24)20-28-27(29(6)23(5)21(3)8-2)19-18-26-13-10-9-12-22(26)4/h8-10,12-17,19,28H,2,7,11,18,20H2,1,3-6H3/b23-21-,27-19-. The van der Waals surface area contributed by atoms with Gasteiger partial charge in [-0.05, 0) is 67.5 Å². The predicted molar refractivity (Wildman–Crippen MR) is 127 cm³/mol. The number of hydrogen-bond acceptors (Lipinski definition) is 2. The number of allylic oxidation sites excluding steroid dienone is 4. The fourth-order valence-electron chi connectivity index (χ4n) is 3.27. The highest BCUT2D eigenvalue weighted by atomic mass is 15.2. The normalized spacial score (nSPS) is 12.4. The minimum Gasteiger partial charge on any atom is -0.368 e. The van der Waals surface area contributed by atoms with Crippen molar-refractivity contribution in [3.05, 3.63) is 107 Å². The van der Waals surface area contributed by atoms with Gasteiger partial charge in [-0.15, -0.1) is 0 Å². The molecule has 0 aliphatic heterocycles. The molecule has 0 aromatic heterocycles. The molecule has 2 aromatic rings. The summed E-state index contributed by atoms with van der Waals surface area (Å²) < 4.78 is 0. The summed E-state index contributed by atoms with van der Waals surface area (Å²) in [5.41, 5.74) is 7.76. The Morgan fingerprint density at radius 1 is 1.03 bits per heavy atom. The van der Waals surface area contributed by atoms with E-state index < -0.39 is 0 Å². The van der Waals surface area contributed by atoms with Crippen molar-refractivity contribution in [1.82, 2.24) is 10.2 Å². The Hall–Kier alpha value is -2.74. The quantitative estimate of drug-likeness (QED) is 0.465. The van der Waals surface area contributed by atoms with Gasteiger partial charge in [0.2, 0.25) is 0 Å². The van der Waals surface area contributed by atoms with Crippen LogP contribution >= 0.6 is 0 Å². The van der Waals surface area contributed by atoms with E-state index in [1.807, 2.05) is 6.08 Å². The van der Waals surface area contributed by atoms with E-state index in [9.17, 15) is 0 Å². The molecule has 1 N–H and O–H groups in total. The second-order valence-electron chi connectivity index (χ2n) is 7.67. The van der Waals surface area contributed by atoms with Gasteiger partial charge in [0, 0.05) is 19.3 Å². The molecule has 0 unspecified atom stereocenters. The van der Waals surface area contributed by atoms with E-state index in [2.05, 4.69) is 106 Å². The summed E-state index contributed by atoms with van der Waals surface area (Å²) in [4.78, 5) is 2.22. The zero-order valence-corrected chi connectivity index (χ0v) is 18.8. The Bertz CT molecular complexity index is 856. The molecular weight excluding hydrogens is 352 g/mol. The number of nitrogens with zero attached hydrogens (tertiary/aromatic N) is 1. The minimum absolute atomic E-state index is 0.802. The van der Waals surface area contributed by atoms with Gasteiger partial charge in [0.15, 0.2) is 0 Å². The van der Waals surface area contributed by atoms with E-state index in [1.165, 1.54) is 39.9 Å². The van der Waals surface area contributed by atoms with Crippen LogP contribution in [0, 0.1) is 6.92 Å². The van der Waals surface area contributed by atoms with Crippen molar-refractivity contribution in [2.45, 2.75) is 53.5 Å². The first-order valence-electron chi connectivity index (χ1n) is 10.6. The Labute approximate surface area is 177 Å². The average Bonchev–Trinajstić information content (AvgIpc) is 2.74. The Morgan fingerprint density at radius 3 is 2.31 bits per heavy atom. The summed E-state index contributed by atoms with van der Waals surface area (Å²) in [5.74, 6) is 1.12. The van der Waals surface area contributed by atoms with E-state index in [4.69, 9.17) is 0 Å². The molecule has 0 aliphatic carbocycles. The molecule has 0 amide bonds. The average molecular weight is 389 g/mol. The zero-order valence-electron chi connectivity index (χ0n) is 18.8. The molecule has 0 saturated carbocycles. The van der Waals surface area contributed by atoms with Crippen LogP contribution in [0.2, 0.25) is 0 Å². The van der Waals surface area contributed by atoms with Crippen molar-refractivity contribution < 1.29 is 0 Å². The Morgan fingerprint density at radius 2 is 1.69 bits per heavy atom. The second kappa shape index (κ2) is 11.3. The van der Waals surface area contributed by atoms with E-state index in [1.54, 1.807) is 0 Å². The monoisotopic (exact) mass is 388 g/mol. The molecule has 2 rings (SSSR count). The number of rotatable bonds is 10. The van der Waals surface area contributed by atoms with Crippen LogP contribution in [0.1, 0.15) is 49.4 Å². The highest BCUT2D eigenvalue weighted by Crippen LogP contribution is 2.16. The third-order valence-electron chi connectivity index (χ3n) is 5.55. The van der Waals surface area contributed by atoms with Crippen LogP contribution in [0.4, 0.5) is 0 Å². The maximum absolute atomic E-state index is 3.92. The highest BCUT2D eigenvalue weighted by Gasteiger charge is 2.09. The van der Waals surface area contributed by atoms with Crippen LogP contribution in [0.3, 0.4) is 0 Å². The largest absolute Gasteiger partial charge is 0.368 e. The van der Waals surface area contributed by atoms with Crippen LogP contribution in [0.15, 0.2) is 84.4 Å². The fraction of sp³-hybridized carbons (Fsp3) is 0.333. The van der Waals surface area contributed by atoms with Gasteiger partial charge in [0.05, 0.1) is 0 Å². The number of aryl methyl sites for hydroxylation is 2. The summed E-state index contributed by atoms with van der Waals surface area (Å²) in [6.07, 6.45) is 7.42. The van der Waals surface area contributed by atoms with Crippen LogP contribution in [0.5, 0.6) is 0 Å². The third-order valence-corrected chi connectivity index (χ3v) is 5.55. The lowest BCUT2D eigenvalue weighted by atomic mass is 10.1. The number of nitrogens with one attached hydrogen (secondary N) is 1. The molecule has 0 atom stereocenters. The summed E-state index contributed by atoms with van der Waals surface area (Å²) in [6, 6.07) is 17.5. The molecule has 0 heterocycles. The lowest BCUT2D eigenvalue weighted by Gasteiger charge is -2.26. The van der Waals surface area contributed by atoms with Gasteiger partial charge < -0.3 is 10.2 Å². The van der Waals surface area contributed by atoms with E-state index in [-0.39, 0.29) is 0 Å². The fourth-order valence-corrected chi connectivity index (χ4v) is 3.27. The first-order valence-corrected chi connectivity index (χ1v) is 10.6. The minimum atomic E-state index is 0.802. The van der Waals surface area contributed by atoms with Gasteiger partial charge in [-0.2, -0.15) is 0 Å². The van der Waals surface area contributed by atoms with Crippen LogP contribution in [0.25, 0.3) is 0 Å². The predicted octanol–water partition coefficient (Wildman–Crippen LogP) is 6.53. The first kappa shape index (κ1) is 22.5. The van der Waals surface area contributed by atoms with Crippen molar-refractivity contribution in [3.63, 3.8) is 0 Å². The summed E-state index contributed by atoms with van der Waals surface area (Å²) >= 11 is 0. The SMILES string of the molecule is C=C/C(C)=C(/C)N(C)/C(=C\Cc1ccccc1C)NCc1ccc(CCC)cc1. The number of benzene rings is 2. The number of hydrogen-bond donors (Lipinski definition) is 1. The first-order chi connectivity index (χ1) is 14.0. The van der Waals surface area contributed by atoms with E-state index >= 15 is 0 Å². The molecule has 2 heteroatoms. The van der Waals surface area contributed by atoms with E-state index in [0.717, 1.165) is 25.2 Å². The van der Waals surface area contributed by atoms with Crippen molar-refractivity contribution in [3.8, 4) is 0 Å².